The third-order valence-corrected chi connectivity index (χ3v) is 3.34. The lowest BCUT2D eigenvalue weighted by atomic mass is 10.1. The Morgan fingerprint density at radius 2 is 2.24 bits per heavy atom. The van der Waals surface area contributed by atoms with Crippen LogP contribution in [0.2, 0.25) is 0 Å². The molecule has 1 unspecified atom stereocenters. The second kappa shape index (κ2) is 6.12. The fourth-order valence-electron chi connectivity index (χ4n) is 1.35. The second-order valence-corrected chi connectivity index (χ2v) is 4.87. The molecule has 1 rings (SSSR count). The molecule has 0 fully saturated rings. The van der Waals surface area contributed by atoms with Crippen LogP contribution in [-0.4, -0.2) is 30.4 Å². The molecule has 3 nitrogen and oxygen atoms in total. The molecule has 0 heterocycles. The average molecular weight is 303 g/mol. The maximum atomic E-state index is 13.0. The van der Waals surface area contributed by atoms with Gasteiger partial charge in [-0.1, -0.05) is 6.07 Å². The minimum atomic E-state index is -0.329. The van der Waals surface area contributed by atoms with Crippen molar-refractivity contribution in [1.82, 2.24) is 4.90 Å². The Morgan fingerprint density at radius 1 is 1.59 bits per heavy atom. The van der Waals surface area contributed by atoms with Gasteiger partial charge in [0, 0.05) is 19.6 Å². The summed E-state index contributed by atoms with van der Waals surface area (Å²) in [5.74, 6) is -0.355. The number of carbonyl (C=O) groups excluding carboxylic acids is 1. The highest BCUT2D eigenvalue weighted by molar-refractivity contribution is 9.10. The molecule has 0 saturated heterocycles. The predicted octanol–water partition coefficient (Wildman–Crippen LogP) is 1.94. The van der Waals surface area contributed by atoms with Crippen molar-refractivity contribution in [3.05, 3.63) is 34.1 Å². The van der Waals surface area contributed by atoms with E-state index in [2.05, 4.69) is 15.9 Å². The zero-order valence-electron chi connectivity index (χ0n) is 9.91. The Balaban J connectivity index is 2.71. The molecule has 0 aliphatic rings. The van der Waals surface area contributed by atoms with Crippen LogP contribution in [0.4, 0.5) is 4.39 Å². The number of amides is 1. The van der Waals surface area contributed by atoms with Gasteiger partial charge in [0.15, 0.2) is 0 Å². The zero-order valence-corrected chi connectivity index (χ0v) is 11.5. The largest absolute Gasteiger partial charge is 0.341 e. The molecule has 0 bridgehead atoms. The van der Waals surface area contributed by atoms with E-state index in [4.69, 9.17) is 5.73 Å². The van der Waals surface area contributed by atoms with Crippen molar-refractivity contribution in [2.45, 2.75) is 19.4 Å². The molecule has 0 spiro atoms. The van der Waals surface area contributed by atoms with E-state index in [-0.39, 0.29) is 24.2 Å². The molecule has 17 heavy (non-hydrogen) atoms. The van der Waals surface area contributed by atoms with Crippen molar-refractivity contribution in [1.29, 1.82) is 0 Å². The first-order valence-electron chi connectivity index (χ1n) is 5.35. The molecule has 94 valence electrons. The average Bonchev–Trinajstić information content (AvgIpc) is 2.31. The van der Waals surface area contributed by atoms with Crippen LogP contribution in [0.25, 0.3) is 0 Å². The van der Waals surface area contributed by atoms with E-state index in [1.165, 1.54) is 6.07 Å². The van der Waals surface area contributed by atoms with Crippen molar-refractivity contribution in [2.24, 2.45) is 5.73 Å². The number of hydrogen-bond donors (Lipinski definition) is 1. The minimum Gasteiger partial charge on any atom is -0.341 e. The molecule has 0 radical (unpaired) electrons. The summed E-state index contributed by atoms with van der Waals surface area (Å²) in [6, 6.07) is 4.58. The Kier molecular flexibility index (Phi) is 5.08. The monoisotopic (exact) mass is 302 g/mol. The second-order valence-electron chi connectivity index (χ2n) is 4.01. The van der Waals surface area contributed by atoms with E-state index in [1.54, 1.807) is 24.1 Å². The highest BCUT2D eigenvalue weighted by atomic mass is 79.9. The van der Waals surface area contributed by atoms with Crippen molar-refractivity contribution >= 4 is 21.8 Å². The van der Waals surface area contributed by atoms with Gasteiger partial charge in [-0.2, -0.15) is 0 Å². The van der Waals surface area contributed by atoms with Gasteiger partial charge in [0.2, 0.25) is 5.91 Å². The number of benzene rings is 1. The van der Waals surface area contributed by atoms with Crippen LogP contribution < -0.4 is 5.73 Å². The number of carbonyl (C=O) groups is 1. The smallest absolute Gasteiger partial charge is 0.227 e. The molecule has 0 aliphatic carbocycles. The van der Waals surface area contributed by atoms with Gasteiger partial charge in [-0.3, -0.25) is 4.79 Å². The molecular weight excluding hydrogens is 287 g/mol. The lowest BCUT2D eigenvalue weighted by Gasteiger charge is -2.23. The molecule has 2 N–H and O–H groups in total. The quantitative estimate of drug-likeness (QED) is 0.924. The van der Waals surface area contributed by atoms with Gasteiger partial charge in [-0.15, -0.1) is 0 Å². The third kappa shape index (κ3) is 3.78. The summed E-state index contributed by atoms with van der Waals surface area (Å²) in [5, 5.41) is 0. The van der Waals surface area contributed by atoms with Crippen molar-refractivity contribution in [3.8, 4) is 0 Å². The third-order valence-electron chi connectivity index (χ3n) is 2.74. The zero-order chi connectivity index (χ0) is 13.0. The van der Waals surface area contributed by atoms with Gasteiger partial charge in [0.25, 0.3) is 0 Å². The van der Waals surface area contributed by atoms with Gasteiger partial charge in [-0.25, -0.2) is 4.39 Å². The van der Waals surface area contributed by atoms with Gasteiger partial charge < -0.3 is 10.6 Å². The first-order valence-corrected chi connectivity index (χ1v) is 6.14. The molecule has 0 saturated carbocycles. The molecule has 0 aliphatic heterocycles. The maximum absolute atomic E-state index is 13.0. The summed E-state index contributed by atoms with van der Waals surface area (Å²) < 4.78 is 13.4. The minimum absolute atomic E-state index is 0.00592. The van der Waals surface area contributed by atoms with E-state index in [9.17, 15) is 9.18 Å². The molecular formula is C12H16BrFN2O. The Labute approximate surface area is 109 Å². The fraction of sp³-hybridized carbons (Fsp3) is 0.417. The van der Waals surface area contributed by atoms with Gasteiger partial charge >= 0.3 is 0 Å². The number of likely N-dealkylation sites (N-methyl/N-ethyl adjacent to an activating group) is 1. The summed E-state index contributed by atoms with van der Waals surface area (Å²) in [6.45, 7) is 2.31. The molecule has 5 heteroatoms. The Morgan fingerprint density at radius 3 is 2.76 bits per heavy atom. The number of rotatable bonds is 4. The molecule has 1 amide bonds. The molecule has 1 aromatic rings. The van der Waals surface area contributed by atoms with Crippen molar-refractivity contribution < 1.29 is 9.18 Å². The van der Waals surface area contributed by atoms with Gasteiger partial charge in [0.05, 0.1) is 10.9 Å². The normalized spacial score (nSPS) is 12.3. The van der Waals surface area contributed by atoms with E-state index in [0.29, 0.717) is 11.0 Å². The Bertz CT molecular complexity index is 411. The topological polar surface area (TPSA) is 46.3 Å². The first kappa shape index (κ1) is 14.1. The number of halogens is 2. The predicted molar refractivity (Wildman–Crippen MR) is 69.1 cm³/mol. The fourth-order valence-corrected chi connectivity index (χ4v) is 1.78. The van der Waals surface area contributed by atoms with Crippen LogP contribution in [0.5, 0.6) is 0 Å². The van der Waals surface area contributed by atoms with Crippen LogP contribution in [0.1, 0.15) is 12.5 Å². The number of nitrogens with two attached hydrogens (primary N) is 1. The highest BCUT2D eigenvalue weighted by Gasteiger charge is 2.15. The van der Waals surface area contributed by atoms with Crippen molar-refractivity contribution in [2.75, 3.05) is 13.6 Å². The maximum Gasteiger partial charge on any atom is 0.227 e. The number of hydrogen-bond acceptors (Lipinski definition) is 2. The van der Waals surface area contributed by atoms with Crippen LogP contribution in [-0.2, 0) is 11.2 Å². The molecule has 1 atom stereocenters. The van der Waals surface area contributed by atoms with Crippen LogP contribution in [0.15, 0.2) is 22.7 Å². The lowest BCUT2D eigenvalue weighted by Crippen LogP contribution is -2.40. The summed E-state index contributed by atoms with van der Waals surface area (Å²) >= 11 is 3.10. The van der Waals surface area contributed by atoms with Crippen LogP contribution in [0, 0.1) is 5.82 Å². The highest BCUT2D eigenvalue weighted by Crippen LogP contribution is 2.17. The summed E-state index contributed by atoms with van der Waals surface area (Å²) in [4.78, 5) is 13.5. The summed E-state index contributed by atoms with van der Waals surface area (Å²) in [6.07, 6.45) is 0.250. The lowest BCUT2D eigenvalue weighted by molar-refractivity contribution is -0.130. The summed E-state index contributed by atoms with van der Waals surface area (Å²) in [5.41, 5.74) is 6.27. The van der Waals surface area contributed by atoms with Crippen molar-refractivity contribution in [3.63, 3.8) is 0 Å². The SMILES string of the molecule is CC(CN)N(C)C(=O)Cc1ccc(F)c(Br)c1. The van der Waals surface area contributed by atoms with E-state index in [0.717, 1.165) is 5.56 Å². The van der Waals surface area contributed by atoms with Crippen LogP contribution in [0.3, 0.4) is 0 Å². The molecule has 1 aromatic carbocycles. The van der Waals surface area contributed by atoms with E-state index >= 15 is 0 Å². The van der Waals surface area contributed by atoms with Gasteiger partial charge in [0.1, 0.15) is 5.82 Å². The standard InChI is InChI=1S/C12H16BrFN2O/c1-8(7-15)16(2)12(17)6-9-3-4-11(14)10(13)5-9/h3-5,8H,6-7,15H2,1-2H3. The van der Waals surface area contributed by atoms with Crippen LogP contribution >= 0.6 is 15.9 Å². The summed E-state index contributed by atoms with van der Waals surface area (Å²) in [7, 11) is 1.72. The Hall–Kier alpha value is -0.940. The van der Waals surface area contributed by atoms with Gasteiger partial charge in [-0.05, 0) is 40.5 Å². The first-order chi connectivity index (χ1) is 7.95. The number of nitrogens with zero attached hydrogens (tertiary/aromatic N) is 1. The van der Waals surface area contributed by atoms with E-state index in [1.807, 2.05) is 6.92 Å². The molecule has 0 aromatic heterocycles. The van der Waals surface area contributed by atoms with E-state index < -0.39 is 0 Å².